The average Bonchev–Trinajstić information content (AvgIpc) is 3.03. The molecule has 0 saturated carbocycles. The van der Waals surface area contributed by atoms with Crippen LogP contribution in [0.3, 0.4) is 0 Å². The normalized spacial score (nSPS) is 13.4. The van der Waals surface area contributed by atoms with Gasteiger partial charge in [0, 0.05) is 35.1 Å². The molecule has 2 atom stereocenters. The molecule has 32 heavy (non-hydrogen) atoms. The lowest BCUT2D eigenvalue weighted by atomic mass is 10.0. The first kappa shape index (κ1) is 23.8. The van der Waals surface area contributed by atoms with Crippen molar-refractivity contribution in [1.82, 2.24) is 9.88 Å². The maximum atomic E-state index is 12.0. The number of halogens is 1. The maximum Gasteiger partial charge on any atom is 0.321 e. The SMILES string of the molecule is Cc1cc(Cl)cc(Cn2cc(CC(NC(CC(C)C)C(=O)O)C(=O)O)c3ccccc32)c1. The molecule has 6 nitrogen and oxygen atoms in total. The molecule has 0 bridgehead atoms. The second-order valence-corrected chi connectivity index (χ2v) is 9.15. The Morgan fingerprint density at radius 3 is 2.38 bits per heavy atom. The van der Waals surface area contributed by atoms with Crippen LogP contribution in [0.25, 0.3) is 10.9 Å². The molecule has 7 heteroatoms. The Hall–Kier alpha value is -2.83. The lowest BCUT2D eigenvalue weighted by Crippen LogP contribution is -2.48. The topological polar surface area (TPSA) is 91.6 Å². The number of rotatable bonds is 10. The van der Waals surface area contributed by atoms with E-state index in [2.05, 4.69) is 16.0 Å². The first-order chi connectivity index (χ1) is 15.1. The zero-order chi connectivity index (χ0) is 23.4. The predicted molar refractivity (Wildman–Crippen MR) is 126 cm³/mol. The Bertz CT molecular complexity index is 1100. The molecule has 1 heterocycles. The molecule has 3 rings (SSSR count). The van der Waals surface area contributed by atoms with Gasteiger partial charge >= 0.3 is 11.9 Å². The third-order valence-corrected chi connectivity index (χ3v) is 5.67. The molecular weight excluding hydrogens is 428 g/mol. The van der Waals surface area contributed by atoms with Crippen LogP contribution in [0.4, 0.5) is 0 Å². The monoisotopic (exact) mass is 456 g/mol. The van der Waals surface area contributed by atoms with E-state index in [1.54, 1.807) is 0 Å². The average molecular weight is 457 g/mol. The zero-order valence-electron chi connectivity index (χ0n) is 18.5. The van der Waals surface area contributed by atoms with E-state index >= 15 is 0 Å². The Kier molecular flexibility index (Phi) is 7.59. The van der Waals surface area contributed by atoms with Gasteiger partial charge < -0.3 is 14.8 Å². The summed E-state index contributed by atoms with van der Waals surface area (Å²) in [6, 6.07) is 11.8. The number of carboxylic acid groups (broad SMARTS) is 2. The minimum absolute atomic E-state index is 0.126. The number of nitrogens with zero attached hydrogens (tertiary/aromatic N) is 1. The minimum Gasteiger partial charge on any atom is -0.480 e. The summed E-state index contributed by atoms with van der Waals surface area (Å²) >= 11 is 6.22. The quantitative estimate of drug-likeness (QED) is 0.410. The number of hydrogen-bond donors (Lipinski definition) is 3. The van der Waals surface area contributed by atoms with Crippen molar-refractivity contribution in [3.8, 4) is 0 Å². The third-order valence-electron chi connectivity index (χ3n) is 5.46. The molecule has 0 spiro atoms. The summed E-state index contributed by atoms with van der Waals surface area (Å²) in [6.07, 6.45) is 2.49. The number of carbonyl (C=O) groups is 2. The van der Waals surface area contributed by atoms with Crippen LogP contribution >= 0.6 is 11.6 Å². The van der Waals surface area contributed by atoms with E-state index in [0.29, 0.717) is 18.0 Å². The summed E-state index contributed by atoms with van der Waals surface area (Å²) < 4.78 is 2.08. The highest BCUT2D eigenvalue weighted by atomic mass is 35.5. The van der Waals surface area contributed by atoms with Gasteiger partial charge in [-0.2, -0.15) is 0 Å². The summed E-state index contributed by atoms with van der Waals surface area (Å²) in [7, 11) is 0. The van der Waals surface area contributed by atoms with Crippen molar-refractivity contribution in [2.75, 3.05) is 0 Å². The first-order valence-electron chi connectivity index (χ1n) is 10.7. The molecule has 0 amide bonds. The maximum absolute atomic E-state index is 12.0. The van der Waals surface area contributed by atoms with Gasteiger partial charge in [-0.1, -0.05) is 49.7 Å². The highest BCUT2D eigenvalue weighted by molar-refractivity contribution is 6.30. The number of hydrogen-bond acceptors (Lipinski definition) is 3. The highest BCUT2D eigenvalue weighted by Gasteiger charge is 2.27. The smallest absolute Gasteiger partial charge is 0.321 e. The van der Waals surface area contributed by atoms with Crippen LogP contribution in [0.1, 0.15) is 37.0 Å². The largest absolute Gasteiger partial charge is 0.480 e. The fourth-order valence-electron chi connectivity index (χ4n) is 4.11. The molecule has 3 N–H and O–H groups in total. The second-order valence-electron chi connectivity index (χ2n) is 8.72. The molecule has 2 unspecified atom stereocenters. The van der Waals surface area contributed by atoms with Gasteiger partial charge in [-0.15, -0.1) is 0 Å². The third kappa shape index (κ3) is 5.90. The van der Waals surface area contributed by atoms with Gasteiger partial charge in [0.05, 0.1) is 0 Å². The molecule has 0 aliphatic rings. The van der Waals surface area contributed by atoms with Gasteiger partial charge in [0.1, 0.15) is 12.1 Å². The fourth-order valence-corrected chi connectivity index (χ4v) is 4.42. The van der Waals surface area contributed by atoms with Crippen molar-refractivity contribution in [2.24, 2.45) is 5.92 Å². The van der Waals surface area contributed by atoms with E-state index in [4.69, 9.17) is 11.6 Å². The van der Waals surface area contributed by atoms with E-state index in [1.165, 1.54) is 0 Å². The Morgan fingerprint density at radius 1 is 1.06 bits per heavy atom. The number of aliphatic carboxylic acids is 2. The van der Waals surface area contributed by atoms with Crippen LogP contribution in [0.5, 0.6) is 0 Å². The van der Waals surface area contributed by atoms with Crippen LogP contribution in [0.2, 0.25) is 5.02 Å². The van der Waals surface area contributed by atoms with Gasteiger partial charge in [-0.25, -0.2) is 0 Å². The molecule has 0 fully saturated rings. The Labute approximate surface area is 192 Å². The highest BCUT2D eigenvalue weighted by Crippen LogP contribution is 2.25. The number of carboxylic acids is 2. The molecule has 2 aromatic carbocycles. The number of nitrogens with one attached hydrogen (secondary N) is 1. The van der Waals surface area contributed by atoms with Crippen LogP contribution in [0, 0.1) is 12.8 Å². The van der Waals surface area contributed by atoms with Crippen molar-refractivity contribution >= 4 is 34.4 Å². The standard InChI is InChI=1S/C25H29ClN2O4/c1-15(2)8-21(24(29)30)27-22(25(31)32)12-18-14-28(23-7-5-4-6-20(18)23)13-17-9-16(3)10-19(26)11-17/h4-7,9-11,14-15,21-22,27H,8,12-13H2,1-3H3,(H,29,30)(H,31,32). The zero-order valence-corrected chi connectivity index (χ0v) is 19.3. The van der Waals surface area contributed by atoms with Crippen molar-refractivity contribution in [1.29, 1.82) is 0 Å². The van der Waals surface area contributed by atoms with Crippen LogP contribution in [-0.2, 0) is 22.6 Å². The van der Waals surface area contributed by atoms with E-state index in [-0.39, 0.29) is 12.3 Å². The number of fused-ring (bicyclic) bond motifs is 1. The van der Waals surface area contributed by atoms with Crippen LogP contribution in [-0.4, -0.2) is 38.8 Å². The van der Waals surface area contributed by atoms with Gasteiger partial charge in [0.15, 0.2) is 0 Å². The number of benzene rings is 2. The van der Waals surface area contributed by atoms with Crippen molar-refractivity contribution in [3.63, 3.8) is 0 Å². The summed E-state index contributed by atoms with van der Waals surface area (Å²) in [6.45, 7) is 6.42. The van der Waals surface area contributed by atoms with Crippen LogP contribution < -0.4 is 5.32 Å². The number of aromatic nitrogens is 1. The summed E-state index contributed by atoms with van der Waals surface area (Å²) in [5.74, 6) is -1.98. The first-order valence-corrected chi connectivity index (χ1v) is 11.1. The van der Waals surface area contributed by atoms with Gasteiger partial charge in [-0.05, 0) is 54.2 Å². The number of para-hydroxylation sites is 1. The molecule has 1 aromatic heterocycles. The van der Waals surface area contributed by atoms with E-state index in [9.17, 15) is 19.8 Å². The Balaban J connectivity index is 1.92. The van der Waals surface area contributed by atoms with E-state index < -0.39 is 24.0 Å². The molecule has 0 radical (unpaired) electrons. The lowest BCUT2D eigenvalue weighted by molar-refractivity contribution is -0.142. The van der Waals surface area contributed by atoms with E-state index in [1.807, 2.05) is 63.4 Å². The van der Waals surface area contributed by atoms with Crippen molar-refractivity contribution < 1.29 is 19.8 Å². The predicted octanol–water partition coefficient (Wildman–Crippen LogP) is 4.74. The van der Waals surface area contributed by atoms with Crippen LogP contribution in [0.15, 0.2) is 48.7 Å². The van der Waals surface area contributed by atoms with Crippen molar-refractivity contribution in [3.05, 3.63) is 70.4 Å². The summed E-state index contributed by atoms with van der Waals surface area (Å²) in [5, 5.41) is 23.8. The minimum atomic E-state index is -1.07. The molecule has 0 aliphatic heterocycles. The Morgan fingerprint density at radius 2 is 1.75 bits per heavy atom. The molecular formula is C25H29ClN2O4. The van der Waals surface area contributed by atoms with E-state index in [0.717, 1.165) is 27.6 Å². The summed E-state index contributed by atoms with van der Waals surface area (Å²) in [5.41, 5.74) is 3.97. The van der Waals surface area contributed by atoms with Gasteiger partial charge in [0.25, 0.3) is 0 Å². The number of aryl methyl sites for hydroxylation is 1. The van der Waals surface area contributed by atoms with Gasteiger partial charge in [-0.3, -0.25) is 14.9 Å². The fraction of sp³-hybridized carbons (Fsp3) is 0.360. The molecule has 170 valence electrons. The second kappa shape index (κ2) is 10.2. The van der Waals surface area contributed by atoms with Crippen molar-refractivity contribution in [2.45, 2.75) is 52.2 Å². The molecule has 3 aromatic rings. The lowest BCUT2D eigenvalue weighted by Gasteiger charge is -2.21. The summed E-state index contributed by atoms with van der Waals surface area (Å²) in [4.78, 5) is 23.6. The molecule has 0 saturated heterocycles. The molecule has 0 aliphatic carbocycles. The van der Waals surface area contributed by atoms with Gasteiger partial charge in [0.2, 0.25) is 0 Å².